The molecule has 0 heterocycles. The number of para-hydroxylation sites is 2. The van der Waals surface area contributed by atoms with Crippen molar-refractivity contribution in [1.29, 1.82) is 0 Å². The van der Waals surface area contributed by atoms with Gasteiger partial charge in [0, 0.05) is 6.54 Å². The molecule has 0 unspecified atom stereocenters. The van der Waals surface area contributed by atoms with E-state index >= 15 is 0 Å². The molecular weight excluding hydrogens is 224 g/mol. The zero-order valence-corrected chi connectivity index (χ0v) is 10.0. The van der Waals surface area contributed by atoms with Crippen molar-refractivity contribution < 1.29 is 9.84 Å². The van der Waals surface area contributed by atoms with Gasteiger partial charge in [0.15, 0.2) is 5.11 Å². The van der Waals surface area contributed by atoms with Crippen LogP contribution < -0.4 is 15.4 Å². The minimum absolute atomic E-state index is 0.0505. The summed E-state index contributed by atoms with van der Waals surface area (Å²) in [4.78, 5) is 0. The Labute approximate surface area is 101 Å². The number of aliphatic hydroxyl groups is 1. The lowest BCUT2D eigenvalue weighted by molar-refractivity contribution is 0.300. The van der Waals surface area contributed by atoms with Gasteiger partial charge in [0.05, 0.1) is 18.9 Å². The summed E-state index contributed by atoms with van der Waals surface area (Å²) in [5.41, 5.74) is 0.819. The summed E-state index contributed by atoms with van der Waals surface area (Å²) in [6.07, 6.45) is 0. The standard InChI is InChI=1S/C11H16N2O2S/c1-2-15-10-6-4-3-5-9(10)13-11(16)12-7-8-14/h3-6,14H,2,7-8H2,1H3,(H2,12,13,16). The summed E-state index contributed by atoms with van der Waals surface area (Å²) in [7, 11) is 0. The molecule has 0 atom stereocenters. The highest BCUT2D eigenvalue weighted by Crippen LogP contribution is 2.23. The van der Waals surface area contributed by atoms with Crippen LogP contribution in [0.2, 0.25) is 0 Å². The lowest BCUT2D eigenvalue weighted by Gasteiger charge is -2.13. The van der Waals surface area contributed by atoms with Gasteiger partial charge in [-0.2, -0.15) is 0 Å². The highest BCUT2D eigenvalue weighted by atomic mass is 32.1. The van der Waals surface area contributed by atoms with Crippen molar-refractivity contribution in [3.8, 4) is 5.75 Å². The van der Waals surface area contributed by atoms with Crippen LogP contribution in [0, 0.1) is 0 Å². The van der Waals surface area contributed by atoms with Crippen LogP contribution in [0.3, 0.4) is 0 Å². The average Bonchev–Trinajstić information content (AvgIpc) is 2.29. The fraction of sp³-hybridized carbons (Fsp3) is 0.364. The van der Waals surface area contributed by atoms with Crippen molar-refractivity contribution in [3.05, 3.63) is 24.3 Å². The van der Waals surface area contributed by atoms with Crippen LogP contribution in [0.25, 0.3) is 0 Å². The van der Waals surface area contributed by atoms with E-state index in [0.717, 1.165) is 11.4 Å². The minimum atomic E-state index is 0.0505. The molecule has 0 amide bonds. The van der Waals surface area contributed by atoms with E-state index in [2.05, 4.69) is 10.6 Å². The molecule has 0 saturated carbocycles. The molecule has 4 nitrogen and oxygen atoms in total. The molecule has 16 heavy (non-hydrogen) atoms. The van der Waals surface area contributed by atoms with E-state index in [1.54, 1.807) is 0 Å². The first kappa shape index (κ1) is 12.7. The second-order valence-corrected chi connectivity index (χ2v) is 3.44. The monoisotopic (exact) mass is 240 g/mol. The van der Waals surface area contributed by atoms with Gasteiger partial charge in [0.1, 0.15) is 5.75 Å². The number of thiocarbonyl (C=S) groups is 1. The molecule has 0 fully saturated rings. The molecule has 0 aliphatic carbocycles. The average molecular weight is 240 g/mol. The number of aliphatic hydroxyl groups excluding tert-OH is 1. The Morgan fingerprint density at radius 2 is 2.19 bits per heavy atom. The quantitative estimate of drug-likeness (QED) is 0.679. The number of hydrogen-bond acceptors (Lipinski definition) is 3. The maximum atomic E-state index is 8.65. The zero-order valence-electron chi connectivity index (χ0n) is 9.19. The van der Waals surface area contributed by atoms with Gasteiger partial charge in [0.2, 0.25) is 0 Å². The molecule has 1 aromatic rings. The summed E-state index contributed by atoms with van der Waals surface area (Å²) in [6, 6.07) is 7.57. The Morgan fingerprint density at radius 3 is 2.88 bits per heavy atom. The fourth-order valence-corrected chi connectivity index (χ4v) is 1.40. The van der Waals surface area contributed by atoms with Crippen molar-refractivity contribution in [1.82, 2.24) is 5.32 Å². The normalized spacial score (nSPS) is 9.62. The summed E-state index contributed by atoms with van der Waals surface area (Å²) < 4.78 is 5.44. The van der Waals surface area contributed by atoms with Crippen LogP contribution in [-0.4, -0.2) is 30.0 Å². The summed E-state index contributed by atoms with van der Waals surface area (Å²) in [6.45, 7) is 3.02. The molecule has 0 aliphatic rings. The summed E-state index contributed by atoms with van der Waals surface area (Å²) >= 11 is 5.06. The second-order valence-electron chi connectivity index (χ2n) is 3.03. The molecule has 5 heteroatoms. The van der Waals surface area contributed by atoms with Gasteiger partial charge in [-0.3, -0.25) is 0 Å². The predicted molar refractivity (Wildman–Crippen MR) is 68.9 cm³/mol. The van der Waals surface area contributed by atoms with Crippen molar-refractivity contribution in [2.45, 2.75) is 6.92 Å². The van der Waals surface area contributed by atoms with Crippen LogP contribution in [0.1, 0.15) is 6.92 Å². The largest absolute Gasteiger partial charge is 0.492 e. The van der Waals surface area contributed by atoms with Crippen molar-refractivity contribution >= 4 is 23.0 Å². The van der Waals surface area contributed by atoms with E-state index in [4.69, 9.17) is 22.1 Å². The maximum Gasteiger partial charge on any atom is 0.170 e. The molecule has 88 valence electrons. The third-order valence-corrected chi connectivity index (χ3v) is 2.08. The second kappa shape index (κ2) is 7.03. The van der Waals surface area contributed by atoms with Crippen LogP contribution in [-0.2, 0) is 0 Å². The Hall–Kier alpha value is -1.33. The molecular formula is C11H16N2O2S. The van der Waals surface area contributed by atoms with Gasteiger partial charge in [-0.05, 0) is 31.3 Å². The smallest absolute Gasteiger partial charge is 0.170 e. The summed E-state index contributed by atoms with van der Waals surface area (Å²) in [5, 5.41) is 15.0. The molecule has 0 radical (unpaired) electrons. The summed E-state index contributed by atoms with van der Waals surface area (Å²) in [5.74, 6) is 0.762. The molecule has 0 spiro atoms. The lowest BCUT2D eigenvalue weighted by Crippen LogP contribution is -2.30. The number of hydrogen-bond donors (Lipinski definition) is 3. The molecule has 3 N–H and O–H groups in total. The van der Waals surface area contributed by atoms with Gasteiger partial charge in [-0.1, -0.05) is 12.1 Å². The topological polar surface area (TPSA) is 53.5 Å². The van der Waals surface area contributed by atoms with Crippen LogP contribution in [0.15, 0.2) is 24.3 Å². The maximum absolute atomic E-state index is 8.65. The Kier molecular flexibility index (Phi) is 5.60. The molecule has 0 bridgehead atoms. The van der Waals surface area contributed by atoms with Gasteiger partial charge in [-0.25, -0.2) is 0 Å². The molecule has 1 aromatic carbocycles. The van der Waals surface area contributed by atoms with Crippen molar-refractivity contribution in [3.63, 3.8) is 0 Å². The Bertz CT molecular complexity index is 345. The van der Waals surface area contributed by atoms with E-state index in [0.29, 0.717) is 18.3 Å². The van der Waals surface area contributed by atoms with Crippen molar-refractivity contribution in [2.75, 3.05) is 25.1 Å². The predicted octanol–water partition coefficient (Wildman–Crippen LogP) is 1.36. The minimum Gasteiger partial charge on any atom is -0.492 e. The first-order valence-electron chi connectivity index (χ1n) is 5.15. The third-order valence-electron chi connectivity index (χ3n) is 1.83. The molecule has 0 saturated heterocycles. The van der Waals surface area contributed by atoms with Gasteiger partial charge < -0.3 is 20.5 Å². The Balaban J connectivity index is 2.61. The van der Waals surface area contributed by atoms with E-state index in [9.17, 15) is 0 Å². The number of anilines is 1. The highest BCUT2D eigenvalue weighted by molar-refractivity contribution is 7.80. The molecule has 0 aromatic heterocycles. The number of rotatable bonds is 5. The van der Waals surface area contributed by atoms with Gasteiger partial charge in [0.25, 0.3) is 0 Å². The van der Waals surface area contributed by atoms with Gasteiger partial charge >= 0.3 is 0 Å². The lowest BCUT2D eigenvalue weighted by atomic mass is 10.3. The fourth-order valence-electron chi connectivity index (χ4n) is 1.19. The number of ether oxygens (including phenoxy) is 1. The van der Waals surface area contributed by atoms with Crippen LogP contribution in [0.5, 0.6) is 5.75 Å². The Morgan fingerprint density at radius 1 is 1.44 bits per heavy atom. The van der Waals surface area contributed by atoms with Crippen LogP contribution in [0.4, 0.5) is 5.69 Å². The zero-order chi connectivity index (χ0) is 11.8. The molecule has 0 aliphatic heterocycles. The first-order valence-corrected chi connectivity index (χ1v) is 5.56. The van der Waals surface area contributed by atoms with E-state index < -0.39 is 0 Å². The SMILES string of the molecule is CCOc1ccccc1NC(=S)NCCO. The number of benzene rings is 1. The van der Waals surface area contributed by atoms with E-state index in [1.807, 2.05) is 31.2 Å². The van der Waals surface area contributed by atoms with E-state index in [1.165, 1.54) is 0 Å². The number of nitrogens with one attached hydrogen (secondary N) is 2. The van der Waals surface area contributed by atoms with Crippen LogP contribution >= 0.6 is 12.2 Å². The third kappa shape index (κ3) is 4.04. The first-order chi connectivity index (χ1) is 7.77. The van der Waals surface area contributed by atoms with E-state index in [-0.39, 0.29) is 6.61 Å². The van der Waals surface area contributed by atoms with Crippen molar-refractivity contribution in [2.24, 2.45) is 0 Å². The van der Waals surface area contributed by atoms with Gasteiger partial charge in [-0.15, -0.1) is 0 Å². The molecule has 1 rings (SSSR count). The highest BCUT2D eigenvalue weighted by Gasteiger charge is 2.03.